The molecule has 1 N–H and O–H groups in total. The molecule has 1 fully saturated rings. The molecule has 1 aliphatic heterocycles. The normalized spacial score (nSPS) is 17.6. The average molecular weight is 356 g/mol. The number of amides is 1. The van der Waals surface area contributed by atoms with E-state index in [9.17, 15) is 4.79 Å². The largest absolute Gasteiger partial charge is 0.352 e. The zero-order valence-electron chi connectivity index (χ0n) is 15.9. The number of hydrogen-bond acceptors (Lipinski definition) is 5. The van der Waals surface area contributed by atoms with Gasteiger partial charge < -0.3 is 5.32 Å². The Hall–Kier alpha value is -2.28. The molecule has 0 saturated carbocycles. The van der Waals surface area contributed by atoms with Crippen LogP contribution >= 0.6 is 0 Å². The Kier molecular flexibility index (Phi) is 5.98. The topological polar surface area (TPSA) is 75.9 Å². The molecule has 0 spiro atoms. The van der Waals surface area contributed by atoms with Crippen molar-refractivity contribution in [3.63, 3.8) is 0 Å². The fraction of sp³-hybridized carbons (Fsp3) is 0.579. The van der Waals surface area contributed by atoms with Crippen LogP contribution in [0.15, 0.2) is 18.6 Å². The summed E-state index contributed by atoms with van der Waals surface area (Å²) in [6, 6.07) is 0.259. The summed E-state index contributed by atoms with van der Waals surface area (Å²) in [5.41, 5.74) is 3.29. The molecule has 26 heavy (non-hydrogen) atoms. The SMILES string of the molecule is CCCn1cc(CN2CCC[C@H]2c2nc(C)ncc2CNC(C)=O)cn1. The summed E-state index contributed by atoms with van der Waals surface area (Å²) >= 11 is 0. The van der Waals surface area contributed by atoms with Crippen LogP contribution in [0.3, 0.4) is 0 Å². The van der Waals surface area contributed by atoms with Gasteiger partial charge in [0.05, 0.1) is 17.9 Å². The van der Waals surface area contributed by atoms with Gasteiger partial charge in [-0.15, -0.1) is 0 Å². The second kappa shape index (κ2) is 8.40. The Balaban J connectivity index is 1.78. The number of aryl methyl sites for hydroxylation is 2. The van der Waals surface area contributed by atoms with E-state index in [1.54, 1.807) is 0 Å². The van der Waals surface area contributed by atoms with E-state index in [1.165, 1.54) is 12.5 Å². The third kappa shape index (κ3) is 4.46. The molecule has 7 heteroatoms. The summed E-state index contributed by atoms with van der Waals surface area (Å²) < 4.78 is 2.01. The monoisotopic (exact) mass is 356 g/mol. The van der Waals surface area contributed by atoms with Gasteiger partial charge in [-0.3, -0.25) is 14.4 Å². The van der Waals surface area contributed by atoms with E-state index in [1.807, 2.05) is 24.0 Å². The molecule has 1 atom stereocenters. The van der Waals surface area contributed by atoms with Crippen molar-refractivity contribution in [2.75, 3.05) is 6.54 Å². The van der Waals surface area contributed by atoms with Crippen molar-refractivity contribution in [1.29, 1.82) is 0 Å². The molecule has 1 saturated heterocycles. The van der Waals surface area contributed by atoms with Crippen LogP contribution in [0, 0.1) is 6.92 Å². The molecule has 7 nitrogen and oxygen atoms in total. The van der Waals surface area contributed by atoms with Crippen LogP contribution in [0.4, 0.5) is 0 Å². The Morgan fingerprint density at radius 2 is 2.23 bits per heavy atom. The van der Waals surface area contributed by atoms with Gasteiger partial charge in [0.1, 0.15) is 5.82 Å². The number of rotatable bonds is 7. The van der Waals surface area contributed by atoms with E-state index in [2.05, 4.69) is 33.4 Å². The Morgan fingerprint density at radius 1 is 1.38 bits per heavy atom. The molecule has 2 aromatic rings. The number of nitrogens with zero attached hydrogens (tertiary/aromatic N) is 5. The van der Waals surface area contributed by atoms with Crippen LogP contribution in [0.5, 0.6) is 0 Å². The molecule has 3 rings (SSSR count). The highest BCUT2D eigenvalue weighted by molar-refractivity contribution is 5.72. The maximum absolute atomic E-state index is 11.3. The quantitative estimate of drug-likeness (QED) is 0.824. The van der Waals surface area contributed by atoms with Crippen molar-refractivity contribution in [3.05, 3.63) is 41.2 Å². The van der Waals surface area contributed by atoms with Gasteiger partial charge in [0.2, 0.25) is 5.91 Å². The summed E-state index contributed by atoms with van der Waals surface area (Å²) in [6.45, 7) is 8.96. The maximum atomic E-state index is 11.3. The Morgan fingerprint density at radius 3 is 3.00 bits per heavy atom. The van der Waals surface area contributed by atoms with Crippen molar-refractivity contribution >= 4 is 5.91 Å². The lowest BCUT2D eigenvalue weighted by atomic mass is 10.1. The number of likely N-dealkylation sites (tertiary alicyclic amines) is 1. The summed E-state index contributed by atoms with van der Waals surface area (Å²) in [5, 5.41) is 7.32. The number of aromatic nitrogens is 4. The van der Waals surface area contributed by atoms with Crippen molar-refractivity contribution < 1.29 is 4.79 Å². The highest BCUT2D eigenvalue weighted by atomic mass is 16.1. The molecule has 0 unspecified atom stereocenters. The fourth-order valence-corrected chi connectivity index (χ4v) is 3.56. The zero-order chi connectivity index (χ0) is 18.5. The minimum absolute atomic E-state index is 0.0388. The number of nitrogens with one attached hydrogen (secondary N) is 1. The Labute approximate surface area is 154 Å². The zero-order valence-corrected chi connectivity index (χ0v) is 15.9. The average Bonchev–Trinajstić information content (AvgIpc) is 3.24. The molecule has 0 aromatic carbocycles. The lowest BCUT2D eigenvalue weighted by Crippen LogP contribution is -2.27. The minimum Gasteiger partial charge on any atom is -0.352 e. The van der Waals surface area contributed by atoms with Gasteiger partial charge in [-0.2, -0.15) is 5.10 Å². The van der Waals surface area contributed by atoms with Gasteiger partial charge in [-0.05, 0) is 32.7 Å². The van der Waals surface area contributed by atoms with Crippen LogP contribution in [-0.4, -0.2) is 37.1 Å². The van der Waals surface area contributed by atoms with E-state index in [4.69, 9.17) is 4.98 Å². The van der Waals surface area contributed by atoms with Gasteiger partial charge >= 0.3 is 0 Å². The predicted molar refractivity (Wildman–Crippen MR) is 99.2 cm³/mol. The van der Waals surface area contributed by atoms with E-state index >= 15 is 0 Å². The molecule has 3 heterocycles. The summed E-state index contributed by atoms with van der Waals surface area (Å²) in [4.78, 5) is 22.8. The van der Waals surface area contributed by atoms with E-state index in [0.29, 0.717) is 6.54 Å². The predicted octanol–water partition coefficient (Wildman–Crippen LogP) is 2.36. The lowest BCUT2D eigenvalue weighted by Gasteiger charge is -2.25. The minimum atomic E-state index is -0.0388. The molecule has 2 aromatic heterocycles. The molecule has 0 aliphatic carbocycles. The second-order valence-electron chi connectivity index (χ2n) is 6.98. The van der Waals surface area contributed by atoms with Crippen LogP contribution in [0.25, 0.3) is 0 Å². The number of carbonyl (C=O) groups excluding carboxylic acids is 1. The molecule has 0 radical (unpaired) electrons. The first-order valence-corrected chi connectivity index (χ1v) is 9.39. The van der Waals surface area contributed by atoms with Gasteiger partial charge in [0.15, 0.2) is 0 Å². The molecule has 0 bridgehead atoms. The van der Waals surface area contributed by atoms with Crippen molar-refractivity contribution in [1.82, 2.24) is 30.0 Å². The molecule has 1 aliphatic rings. The summed E-state index contributed by atoms with van der Waals surface area (Å²) in [6.07, 6.45) is 9.27. The second-order valence-corrected chi connectivity index (χ2v) is 6.98. The van der Waals surface area contributed by atoms with Crippen LogP contribution in [0.2, 0.25) is 0 Å². The highest BCUT2D eigenvalue weighted by Gasteiger charge is 2.29. The van der Waals surface area contributed by atoms with E-state index in [0.717, 1.165) is 56.0 Å². The molecule has 1 amide bonds. The van der Waals surface area contributed by atoms with E-state index in [-0.39, 0.29) is 11.9 Å². The lowest BCUT2D eigenvalue weighted by molar-refractivity contribution is -0.119. The van der Waals surface area contributed by atoms with Gasteiger partial charge in [-0.1, -0.05) is 6.92 Å². The van der Waals surface area contributed by atoms with Crippen LogP contribution in [-0.2, 0) is 24.4 Å². The number of hydrogen-bond donors (Lipinski definition) is 1. The van der Waals surface area contributed by atoms with E-state index < -0.39 is 0 Å². The first-order chi connectivity index (χ1) is 12.6. The third-order valence-electron chi connectivity index (χ3n) is 4.75. The first-order valence-electron chi connectivity index (χ1n) is 9.39. The van der Waals surface area contributed by atoms with Crippen molar-refractivity contribution in [2.24, 2.45) is 0 Å². The molecular weight excluding hydrogens is 328 g/mol. The molecule has 140 valence electrons. The van der Waals surface area contributed by atoms with Crippen molar-refractivity contribution in [3.8, 4) is 0 Å². The fourth-order valence-electron chi connectivity index (χ4n) is 3.56. The highest BCUT2D eigenvalue weighted by Crippen LogP contribution is 2.33. The van der Waals surface area contributed by atoms with Gasteiger partial charge in [0, 0.05) is 50.1 Å². The van der Waals surface area contributed by atoms with Crippen molar-refractivity contribution in [2.45, 2.75) is 65.7 Å². The Bertz CT molecular complexity index is 756. The number of carbonyl (C=O) groups is 1. The van der Waals surface area contributed by atoms with Crippen LogP contribution < -0.4 is 5.32 Å². The first kappa shape index (κ1) is 18.5. The maximum Gasteiger partial charge on any atom is 0.217 e. The smallest absolute Gasteiger partial charge is 0.217 e. The third-order valence-corrected chi connectivity index (χ3v) is 4.75. The summed E-state index contributed by atoms with van der Waals surface area (Å²) in [7, 11) is 0. The molecular formula is C19H28N6O. The van der Waals surface area contributed by atoms with Gasteiger partial charge in [-0.25, -0.2) is 9.97 Å². The van der Waals surface area contributed by atoms with Crippen LogP contribution in [0.1, 0.15) is 61.8 Å². The van der Waals surface area contributed by atoms with Gasteiger partial charge in [0.25, 0.3) is 0 Å². The summed E-state index contributed by atoms with van der Waals surface area (Å²) in [5.74, 6) is 0.734. The standard InChI is InChI=1S/C19H28N6O/c1-4-7-25-13-16(9-22-25)12-24-8-5-6-18(24)19-17(11-21-15(3)26)10-20-14(2)23-19/h9-10,13,18H,4-8,11-12H2,1-3H3,(H,21,26)/t18-/m0/s1.